The number of imidazole rings is 1. The predicted octanol–water partition coefficient (Wildman–Crippen LogP) is 1.29. The molecule has 1 aliphatic heterocycles. The molecule has 1 atom stereocenters. The molecular formula is C20H22N6O2. The van der Waals surface area contributed by atoms with Gasteiger partial charge >= 0.3 is 5.69 Å². The van der Waals surface area contributed by atoms with Gasteiger partial charge in [0, 0.05) is 62.7 Å². The zero-order chi connectivity index (χ0) is 19.3. The summed E-state index contributed by atoms with van der Waals surface area (Å²) in [5.74, 6) is 1.11. The molecule has 0 radical (unpaired) electrons. The maximum atomic E-state index is 12.7. The number of carbonyl (C=O) groups excluding carboxylic acids is 1. The first-order chi connectivity index (χ1) is 13.7. The summed E-state index contributed by atoms with van der Waals surface area (Å²) in [6.45, 7) is 2.06. The molecule has 0 aliphatic carbocycles. The maximum Gasteiger partial charge on any atom is 0.347 e. The van der Waals surface area contributed by atoms with Crippen LogP contribution in [0.1, 0.15) is 30.1 Å². The van der Waals surface area contributed by atoms with Crippen LogP contribution in [0.4, 0.5) is 0 Å². The molecule has 4 rings (SSSR count). The highest BCUT2D eigenvalue weighted by Crippen LogP contribution is 2.26. The van der Waals surface area contributed by atoms with Crippen LogP contribution in [0.3, 0.4) is 0 Å². The average molecular weight is 378 g/mol. The van der Waals surface area contributed by atoms with Gasteiger partial charge in [-0.25, -0.2) is 14.8 Å². The van der Waals surface area contributed by atoms with Crippen LogP contribution in [0, 0.1) is 0 Å². The Kier molecular flexibility index (Phi) is 5.27. The molecule has 3 aromatic rings. The van der Waals surface area contributed by atoms with Crippen molar-refractivity contribution in [2.45, 2.75) is 31.8 Å². The second-order valence-corrected chi connectivity index (χ2v) is 6.98. The quantitative estimate of drug-likeness (QED) is 0.668. The van der Waals surface area contributed by atoms with Gasteiger partial charge in [-0.1, -0.05) is 0 Å². The van der Waals surface area contributed by atoms with Gasteiger partial charge in [0.15, 0.2) is 0 Å². The molecule has 1 fully saturated rings. The molecule has 1 aliphatic rings. The minimum atomic E-state index is -0.405. The number of nitrogens with zero attached hydrogens (tertiary/aromatic N) is 6. The topological polar surface area (TPSA) is 85.9 Å². The fourth-order valence-corrected chi connectivity index (χ4v) is 3.67. The van der Waals surface area contributed by atoms with E-state index in [0.717, 1.165) is 30.8 Å². The van der Waals surface area contributed by atoms with Crippen LogP contribution in [-0.4, -0.2) is 48.0 Å². The SMILES string of the molecule is O=C(Cn1cccnc1=O)N1CCC[C@@H](c2nccn2Cc2ccncc2)C1. The van der Waals surface area contributed by atoms with E-state index in [-0.39, 0.29) is 18.4 Å². The average Bonchev–Trinajstić information content (AvgIpc) is 3.19. The van der Waals surface area contributed by atoms with Gasteiger partial charge in [-0.15, -0.1) is 0 Å². The second-order valence-electron chi connectivity index (χ2n) is 6.98. The van der Waals surface area contributed by atoms with Crippen molar-refractivity contribution in [1.29, 1.82) is 0 Å². The Balaban J connectivity index is 1.46. The number of aromatic nitrogens is 5. The minimum Gasteiger partial charge on any atom is -0.340 e. The van der Waals surface area contributed by atoms with Crippen LogP contribution < -0.4 is 5.69 Å². The van der Waals surface area contributed by atoms with Crippen molar-refractivity contribution in [1.82, 2.24) is 29.0 Å². The number of carbonyl (C=O) groups is 1. The summed E-state index contributed by atoms with van der Waals surface area (Å²) in [5.41, 5.74) is 0.756. The van der Waals surface area contributed by atoms with Crippen LogP contribution in [0.2, 0.25) is 0 Å². The molecule has 28 heavy (non-hydrogen) atoms. The van der Waals surface area contributed by atoms with Crippen LogP contribution in [-0.2, 0) is 17.9 Å². The van der Waals surface area contributed by atoms with Crippen LogP contribution >= 0.6 is 0 Å². The summed E-state index contributed by atoms with van der Waals surface area (Å²) in [6.07, 6.45) is 12.3. The second kappa shape index (κ2) is 8.16. The number of pyridine rings is 1. The number of hydrogen-bond acceptors (Lipinski definition) is 5. The summed E-state index contributed by atoms with van der Waals surface area (Å²) in [6, 6.07) is 5.64. The van der Waals surface area contributed by atoms with E-state index in [1.54, 1.807) is 24.7 Å². The fourth-order valence-electron chi connectivity index (χ4n) is 3.67. The van der Waals surface area contributed by atoms with E-state index in [0.29, 0.717) is 13.1 Å². The van der Waals surface area contributed by atoms with Crippen molar-refractivity contribution in [3.8, 4) is 0 Å². The van der Waals surface area contributed by atoms with Crippen molar-refractivity contribution >= 4 is 5.91 Å². The highest BCUT2D eigenvalue weighted by molar-refractivity contribution is 5.76. The summed E-state index contributed by atoms with van der Waals surface area (Å²) in [5, 5.41) is 0. The van der Waals surface area contributed by atoms with E-state index in [1.165, 1.54) is 10.8 Å². The zero-order valence-electron chi connectivity index (χ0n) is 15.5. The highest BCUT2D eigenvalue weighted by Gasteiger charge is 2.27. The van der Waals surface area contributed by atoms with Crippen LogP contribution in [0.5, 0.6) is 0 Å². The molecule has 0 spiro atoms. The Bertz CT molecular complexity index is 997. The van der Waals surface area contributed by atoms with Gasteiger partial charge in [-0.2, -0.15) is 0 Å². The largest absolute Gasteiger partial charge is 0.347 e. The predicted molar refractivity (Wildman–Crippen MR) is 103 cm³/mol. The fraction of sp³-hybridized carbons (Fsp3) is 0.350. The lowest BCUT2D eigenvalue weighted by Crippen LogP contribution is -2.42. The van der Waals surface area contributed by atoms with E-state index in [1.807, 2.05) is 29.4 Å². The van der Waals surface area contributed by atoms with Gasteiger partial charge < -0.3 is 9.47 Å². The van der Waals surface area contributed by atoms with Crippen molar-refractivity contribution in [3.05, 3.63) is 77.3 Å². The molecule has 0 bridgehead atoms. The first kappa shape index (κ1) is 18.1. The van der Waals surface area contributed by atoms with Crippen molar-refractivity contribution < 1.29 is 4.79 Å². The van der Waals surface area contributed by atoms with E-state index in [2.05, 4.69) is 19.5 Å². The van der Waals surface area contributed by atoms with Crippen molar-refractivity contribution in [2.24, 2.45) is 0 Å². The molecule has 1 saturated heterocycles. The van der Waals surface area contributed by atoms with E-state index in [4.69, 9.17) is 0 Å². The maximum absolute atomic E-state index is 12.7. The van der Waals surface area contributed by atoms with Crippen LogP contribution in [0.25, 0.3) is 0 Å². The lowest BCUT2D eigenvalue weighted by atomic mass is 9.97. The Morgan fingerprint density at radius 2 is 1.93 bits per heavy atom. The number of hydrogen-bond donors (Lipinski definition) is 0. The molecule has 0 aromatic carbocycles. The van der Waals surface area contributed by atoms with Gasteiger partial charge in [0.1, 0.15) is 12.4 Å². The third kappa shape index (κ3) is 4.00. The molecular weight excluding hydrogens is 356 g/mol. The third-order valence-corrected chi connectivity index (χ3v) is 5.08. The molecule has 0 N–H and O–H groups in total. The van der Waals surface area contributed by atoms with Gasteiger partial charge in [-0.05, 0) is 36.6 Å². The molecule has 4 heterocycles. The molecule has 8 heteroatoms. The number of likely N-dealkylation sites (tertiary alicyclic amines) is 1. The summed E-state index contributed by atoms with van der Waals surface area (Å²) >= 11 is 0. The standard InChI is InChI=1S/C20H22N6O2/c27-18(15-26-11-2-6-23-20(26)28)24-10-1-3-17(14-24)19-22-9-12-25(19)13-16-4-7-21-8-5-16/h2,4-9,11-12,17H,1,3,10,13-15H2/t17-/m1/s1. The third-order valence-electron chi connectivity index (χ3n) is 5.08. The zero-order valence-corrected chi connectivity index (χ0v) is 15.5. The van der Waals surface area contributed by atoms with E-state index in [9.17, 15) is 9.59 Å². The Hall–Kier alpha value is -3.29. The first-order valence-electron chi connectivity index (χ1n) is 9.40. The molecule has 144 valence electrons. The monoisotopic (exact) mass is 378 g/mol. The molecule has 8 nitrogen and oxygen atoms in total. The molecule has 0 saturated carbocycles. The lowest BCUT2D eigenvalue weighted by molar-refractivity contribution is -0.133. The van der Waals surface area contributed by atoms with E-state index >= 15 is 0 Å². The Labute approximate surface area is 162 Å². The minimum absolute atomic E-state index is 0.0187. The normalized spacial score (nSPS) is 16.9. The van der Waals surface area contributed by atoms with Gasteiger partial charge in [0.05, 0.1) is 0 Å². The molecule has 0 unspecified atom stereocenters. The Morgan fingerprint density at radius 3 is 2.75 bits per heavy atom. The number of rotatable bonds is 5. The highest BCUT2D eigenvalue weighted by atomic mass is 16.2. The van der Waals surface area contributed by atoms with Crippen LogP contribution in [0.15, 0.2) is 60.2 Å². The first-order valence-corrected chi connectivity index (χ1v) is 9.40. The van der Waals surface area contributed by atoms with Gasteiger partial charge in [0.2, 0.25) is 5.91 Å². The lowest BCUT2D eigenvalue weighted by Gasteiger charge is -2.33. The molecule has 1 amide bonds. The van der Waals surface area contributed by atoms with Crippen molar-refractivity contribution in [3.63, 3.8) is 0 Å². The van der Waals surface area contributed by atoms with Gasteiger partial charge in [0.25, 0.3) is 0 Å². The Morgan fingerprint density at radius 1 is 1.07 bits per heavy atom. The summed E-state index contributed by atoms with van der Waals surface area (Å²) in [7, 11) is 0. The van der Waals surface area contributed by atoms with Gasteiger partial charge in [-0.3, -0.25) is 14.3 Å². The smallest absolute Gasteiger partial charge is 0.340 e. The molecule has 3 aromatic heterocycles. The van der Waals surface area contributed by atoms with E-state index < -0.39 is 5.69 Å². The summed E-state index contributed by atoms with van der Waals surface area (Å²) in [4.78, 5) is 38.7. The number of amides is 1. The van der Waals surface area contributed by atoms with Crippen molar-refractivity contribution in [2.75, 3.05) is 13.1 Å². The summed E-state index contributed by atoms with van der Waals surface area (Å²) < 4.78 is 3.48. The number of piperidine rings is 1.